The fourth-order valence-corrected chi connectivity index (χ4v) is 1.76. The second kappa shape index (κ2) is 4.16. The second-order valence-corrected chi connectivity index (χ2v) is 4.18. The van der Waals surface area contributed by atoms with E-state index in [9.17, 15) is 8.78 Å². The van der Waals surface area contributed by atoms with E-state index in [-0.39, 0.29) is 22.9 Å². The first-order valence-electron chi connectivity index (χ1n) is 5.29. The summed E-state index contributed by atoms with van der Waals surface area (Å²) in [5, 5.41) is 6.14. The van der Waals surface area contributed by atoms with Crippen LogP contribution in [0.3, 0.4) is 0 Å². The third-order valence-electron chi connectivity index (χ3n) is 2.68. The summed E-state index contributed by atoms with van der Waals surface area (Å²) in [4.78, 5) is 0. The van der Waals surface area contributed by atoms with E-state index < -0.39 is 11.6 Å². The lowest BCUT2D eigenvalue weighted by Gasteiger charge is -2.11. The minimum absolute atomic E-state index is 0.0255. The van der Waals surface area contributed by atoms with E-state index in [1.54, 1.807) is 0 Å². The van der Waals surface area contributed by atoms with Gasteiger partial charge in [-0.05, 0) is 17.5 Å². The molecule has 0 bridgehead atoms. The summed E-state index contributed by atoms with van der Waals surface area (Å²) in [7, 11) is 0. The first-order valence-corrected chi connectivity index (χ1v) is 5.29. The Hall–Kier alpha value is -1.91. The van der Waals surface area contributed by atoms with Crippen molar-refractivity contribution in [3.8, 4) is 11.1 Å². The Morgan fingerprint density at radius 3 is 2.53 bits per heavy atom. The minimum atomic E-state index is -0.639. The molecule has 0 amide bonds. The van der Waals surface area contributed by atoms with Gasteiger partial charge in [0.1, 0.15) is 17.5 Å². The fourth-order valence-electron chi connectivity index (χ4n) is 1.76. The highest BCUT2D eigenvalue weighted by molar-refractivity contribution is 5.74. The van der Waals surface area contributed by atoms with Crippen molar-refractivity contribution in [3.05, 3.63) is 35.5 Å². The smallest absolute Gasteiger partial charge is 0.137 e. The van der Waals surface area contributed by atoms with Crippen LogP contribution in [-0.2, 0) is 0 Å². The normalized spacial score (nSPS) is 11.1. The van der Waals surface area contributed by atoms with E-state index >= 15 is 0 Å². The maximum absolute atomic E-state index is 14.2. The predicted molar refractivity (Wildman–Crippen MR) is 62.4 cm³/mol. The molecular formula is C12H13F2N3. The first kappa shape index (κ1) is 11.6. The summed E-state index contributed by atoms with van der Waals surface area (Å²) in [6.07, 6.45) is 1.32. The molecule has 0 spiro atoms. The maximum Gasteiger partial charge on any atom is 0.137 e. The van der Waals surface area contributed by atoms with E-state index in [1.165, 1.54) is 18.3 Å². The SMILES string of the molecule is CC(C)c1ccc(F)c(-c2cn[nH]c2N)c1F. The average Bonchev–Trinajstić information content (AvgIpc) is 2.64. The van der Waals surface area contributed by atoms with Crippen LogP contribution >= 0.6 is 0 Å². The molecule has 3 N–H and O–H groups in total. The molecule has 0 aliphatic rings. The first-order chi connectivity index (χ1) is 8.02. The van der Waals surface area contributed by atoms with Gasteiger partial charge in [-0.3, -0.25) is 5.10 Å². The third-order valence-corrected chi connectivity index (χ3v) is 2.68. The molecule has 1 aromatic carbocycles. The van der Waals surface area contributed by atoms with Crippen LogP contribution in [0.5, 0.6) is 0 Å². The number of hydrogen-bond donors (Lipinski definition) is 2. The molecule has 3 nitrogen and oxygen atoms in total. The number of aromatic amines is 1. The van der Waals surface area contributed by atoms with Crippen LogP contribution in [0.2, 0.25) is 0 Å². The molecule has 1 aromatic heterocycles. The quantitative estimate of drug-likeness (QED) is 0.843. The Balaban J connectivity index is 2.69. The van der Waals surface area contributed by atoms with Gasteiger partial charge in [-0.2, -0.15) is 5.10 Å². The minimum Gasteiger partial charge on any atom is -0.384 e. The van der Waals surface area contributed by atoms with Crippen molar-refractivity contribution in [1.82, 2.24) is 10.2 Å². The number of aromatic nitrogens is 2. The third kappa shape index (κ3) is 1.88. The van der Waals surface area contributed by atoms with Crippen molar-refractivity contribution in [2.75, 3.05) is 5.73 Å². The van der Waals surface area contributed by atoms with Crippen molar-refractivity contribution in [1.29, 1.82) is 0 Å². The van der Waals surface area contributed by atoms with Crippen molar-refractivity contribution < 1.29 is 8.78 Å². The second-order valence-electron chi connectivity index (χ2n) is 4.18. The molecule has 5 heteroatoms. The van der Waals surface area contributed by atoms with Gasteiger partial charge in [0, 0.05) is 5.56 Å². The lowest BCUT2D eigenvalue weighted by Crippen LogP contribution is -2.00. The van der Waals surface area contributed by atoms with Gasteiger partial charge in [0.2, 0.25) is 0 Å². The number of nitrogens with two attached hydrogens (primary N) is 1. The molecule has 2 rings (SSSR count). The number of H-pyrrole nitrogens is 1. The molecule has 1 heterocycles. The molecule has 90 valence electrons. The molecular weight excluding hydrogens is 224 g/mol. The van der Waals surface area contributed by atoms with Crippen LogP contribution in [0.1, 0.15) is 25.3 Å². The Morgan fingerprint density at radius 1 is 1.29 bits per heavy atom. The summed E-state index contributed by atoms with van der Waals surface area (Å²) < 4.78 is 27.9. The molecule has 0 atom stereocenters. The number of rotatable bonds is 2. The van der Waals surface area contributed by atoms with Crippen LogP contribution in [0.4, 0.5) is 14.6 Å². The van der Waals surface area contributed by atoms with Crippen LogP contribution in [0.15, 0.2) is 18.3 Å². The summed E-state index contributed by atoms with van der Waals surface area (Å²) in [5.41, 5.74) is 6.17. The van der Waals surface area contributed by atoms with E-state index in [2.05, 4.69) is 10.2 Å². The van der Waals surface area contributed by atoms with Gasteiger partial charge in [0.05, 0.1) is 11.8 Å². The number of halogens is 2. The zero-order valence-electron chi connectivity index (χ0n) is 9.59. The molecule has 0 aliphatic heterocycles. The van der Waals surface area contributed by atoms with Crippen molar-refractivity contribution in [2.24, 2.45) is 0 Å². The summed E-state index contributed by atoms with van der Waals surface area (Å²) in [6.45, 7) is 3.69. The van der Waals surface area contributed by atoms with Crippen molar-refractivity contribution in [2.45, 2.75) is 19.8 Å². The zero-order chi connectivity index (χ0) is 12.6. The Kier molecular flexibility index (Phi) is 2.83. The van der Waals surface area contributed by atoms with Gasteiger partial charge >= 0.3 is 0 Å². The zero-order valence-corrected chi connectivity index (χ0v) is 9.59. The van der Waals surface area contributed by atoms with Gasteiger partial charge in [-0.15, -0.1) is 0 Å². The summed E-state index contributed by atoms with van der Waals surface area (Å²) in [5.74, 6) is -1.08. The highest BCUT2D eigenvalue weighted by Crippen LogP contribution is 2.33. The summed E-state index contributed by atoms with van der Waals surface area (Å²) >= 11 is 0. The number of hydrogen-bond acceptors (Lipinski definition) is 2. The molecule has 0 fully saturated rings. The highest BCUT2D eigenvalue weighted by atomic mass is 19.1. The number of nitrogen functional groups attached to an aromatic ring is 1. The molecule has 0 radical (unpaired) electrons. The van der Waals surface area contributed by atoms with E-state index in [0.717, 1.165) is 0 Å². The molecule has 0 unspecified atom stereocenters. The van der Waals surface area contributed by atoms with Crippen LogP contribution in [0.25, 0.3) is 11.1 Å². The molecule has 0 saturated carbocycles. The monoisotopic (exact) mass is 237 g/mol. The van der Waals surface area contributed by atoms with Gasteiger partial charge in [0.15, 0.2) is 0 Å². The van der Waals surface area contributed by atoms with E-state index in [1.807, 2.05) is 13.8 Å². The molecule has 17 heavy (non-hydrogen) atoms. The largest absolute Gasteiger partial charge is 0.384 e. The Labute approximate surface area is 97.7 Å². The number of nitrogens with zero attached hydrogens (tertiary/aromatic N) is 1. The van der Waals surface area contributed by atoms with Gasteiger partial charge in [-0.1, -0.05) is 19.9 Å². The van der Waals surface area contributed by atoms with E-state index in [4.69, 9.17) is 5.73 Å². The standard InChI is InChI=1S/C12H13F2N3/c1-6(2)7-3-4-9(13)10(11(7)14)8-5-16-17-12(8)15/h3-6H,1-2H3,(H3,15,16,17). The maximum atomic E-state index is 14.2. The number of benzene rings is 1. The van der Waals surface area contributed by atoms with Gasteiger partial charge < -0.3 is 5.73 Å². The van der Waals surface area contributed by atoms with Gasteiger partial charge in [0.25, 0.3) is 0 Å². The number of anilines is 1. The average molecular weight is 237 g/mol. The predicted octanol–water partition coefficient (Wildman–Crippen LogP) is 3.06. The van der Waals surface area contributed by atoms with Crippen molar-refractivity contribution in [3.63, 3.8) is 0 Å². The molecule has 2 aromatic rings. The van der Waals surface area contributed by atoms with E-state index in [0.29, 0.717) is 5.56 Å². The Bertz CT molecular complexity index is 547. The molecule has 0 saturated heterocycles. The van der Waals surface area contributed by atoms with Crippen LogP contribution < -0.4 is 5.73 Å². The van der Waals surface area contributed by atoms with Crippen molar-refractivity contribution >= 4 is 5.82 Å². The number of nitrogens with one attached hydrogen (secondary N) is 1. The van der Waals surface area contributed by atoms with Gasteiger partial charge in [-0.25, -0.2) is 8.78 Å². The lowest BCUT2D eigenvalue weighted by molar-refractivity contribution is 0.571. The highest BCUT2D eigenvalue weighted by Gasteiger charge is 2.19. The van der Waals surface area contributed by atoms with Crippen LogP contribution in [0, 0.1) is 11.6 Å². The van der Waals surface area contributed by atoms with Crippen LogP contribution in [-0.4, -0.2) is 10.2 Å². The fraction of sp³-hybridized carbons (Fsp3) is 0.250. The molecule has 0 aliphatic carbocycles. The lowest BCUT2D eigenvalue weighted by atomic mass is 9.97. The summed E-state index contributed by atoms with van der Waals surface area (Å²) in [6, 6.07) is 2.70. The topological polar surface area (TPSA) is 54.7 Å². The Morgan fingerprint density at radius 2 is 2.00 bits per heavy atom.